The van der Waals surface area contributed by atoms with Crippen LogP contribution in [0.5, 0.6) is 0 Å². The van der Waals surface area contributed by atoms with E-state index in [-0.39, 0.29) is 16.3 Å². The number of carbonyl (C=O) groups is 1. The van der Waals surface area contributed by atoms with Crippen LogP contribution in [0.2, 0.25) is 0 Å². The molecule has 0 saturated heterocycles. The van der Waals surface area contributed by atoms with Gasteiger partial charge >= 0.3 is 0 Å². The van der Waals surface area contributed by atoms with Gasteiger partial charge in [-0.2, -0.15) is 0 Å². The van der Waals surface area contributed by atoms with Crippen LogP contribution in [0.3, 0.4) is 0 Å². The van der Waals surface area contributed by atoms with Crippen LogP contribution < -0.4 is 10.0 Å². The van der Waals surface area contributed by atoms with E-state index in [1.807, 2.05) is 0 Å². The maximum Gasteiger partial charge on any atom is 0.293 e. The molecule has 0 saturated carbocycles. The number of hydrogen-bond acceptors (Lipinski definition) is 5. The summed E-state index contributed by atoms with van der Waals surface area (Å²) in [6.45, 7) is 4.41. The average molecular weight is 417 g/mol. The van der Waals surface area contributed by atoms with Crippen LogP contribution in [0.15, 0.2) is 64.4 Å². The number of amides is 1. The van der Waals surface area contributed by atoms with Gasteiger partial charge in [-0.1, -0.05) is 12.1 Å². The van der Waals surface area contributed by atoms with E-state index in [9.17, 15) is 17.6 Å². The molecule has 0 aliphatic heterocycles. The van der Waals surface area contributed by atoms with Gasteiger partial charge in [0.1, 0.15) is 5.67 Å². The predicted octanol–water partition coefficient (Wildman–Crippen LogP) is 4.24. The highest BCUT2D eigenvalue weighted by atomic mass is 32.2. The van der Waals surface area contributed by atoms with Crippen molar-refractivity contribution in [2.75, 3.05) is 10.0 Å². The van der Waals surface area contributed by atoms with Gasteiger partial charge in [-0.15, -0.1) is 0 Å². The lowest BCUT2D eigenvalue weighted by molar-refractivity contribution is 0.0996. The number of carbonyl (C=O) groups excluding carboxylic acids is 1. The first-order chi connectivity index (χ1) is 13.6. The highest BCUT2D eigenvalue weighted by molar-refractivity contribution is 7.92. The molecule has 0 bridgehead atoms. The number of oxazole rings is 1. The Morgan fingerprint density at radius 1 is 1.14 bits per heavy atom. The fourth-order valence-corrected chi connectivity index (χ4v) is 3.99. The van der Waals surface area contributed by atoms with Crippen molar-refractivity contribution in [3.8, 4) is 0 Å². The van der Waals surface area contributed by atoms with Crippen molar-refractivity contribution in [1.29, 1.82) is 0 Å². The largest absolute Gasteiger partial charge is 0.438 e. The van der Waals surface area contributed by atoms with Crippen LogP contribution in [0.4, 0.5) is 15.8 Å². The number of sulfonamides is 1. The van der Waals surface area contributed by atoms with E-state index in [0.717, 1.165) is 6.39 Å². The molecule has 29 heavy (non-hydrogen) atoms. The van der Waals surface area contributed by atoms with E-state index in [1.165, 1.54) is 44.3 Å². The van der Waals surface area contributed by atoms with Gasteiger partial charge in [0, 0.05) is 11.4 Å². The molecule has 1 heterocycles. The van der Waals surface area contributed by atoms with Crippen LogP contribution in [0.1, 0.15) is 35.5 Å². The van der Waals surface area contributed by atoms with Crippen molar-refractivity contribution in [3.05, 3.63) is 71.9 Å². The van der Waals surface area contributed by atoms with Crippen LogP contribution in [-0.4, -0.2) is 19.3 Å². The number of alkyl halides is 1. The highest BCUT2D eigenvalue weighted by Gasteiger charge is 2.21. The van der Waals surface area contributed by atoms with Crippen molar-refractivity contribution in [3.63, 3.8) is 0 Å². The highest BCUT2D eigenvalue weighted by Crippen LogP contribution is 2.28. The minimum absolute atomic E-state index is 0.0386. The molecule has 7 nitrogen and oxygen atoms in total. The maximum atomic E-state index is 14.1. The van der Waals surface area contributed by atoms with Crippen LogP contribution in [0, 0.1) is 6.92 Å². The number of nitrogens with one attached hydrogen (secondary N) is 2. The molecule has 1 aromatic heterocycles. The standard InChI is InChI=1S/C20H20FN3O4S/c1-13-9-15(23-19(25)17-11-22-12-28-17)7-8-18(13)29(26,27)24-16-6-4-5-14(10-16)20(2,3)21/h4-12,24H,1-3H3,(H,23,25). The molecule has 0 atom stereocenters. The number of aryl methyl sites for hydroxylation is 1. The Bertz CT molecular complexity index is 1140. The third kappa shape index (κ3) is 4.80. The SMILES string of the molecule is Cc1cc(NC(=O)c2cnco2)ccc1S(=O)(=O)Nc1cccc(C(C)(C)F)c1. The molecule has 1 amide bonds. The molecule has 0 spiro atoms. The lowest BCUT2D eigenvalue weighted by Crippen LogP contribution is -2.16. The summed E-state index contributed by atoms with van der Waals surface area (Å²) in [4.78, 5) is 15.7. The second-order valence-electron chi connectivity index (χ2n) is 6.96. The fraction of sp³-hybridized carbons (Fsp3) is 0.200. The number of nitrogens with zero attached hydrogens (tertiary/aromatic N) is 1. The van der Waals surface area contributed by atoms with Crippen molar-refractivity contribution < 1.29 is 22.0 Å². The Morgan fingerprint density at radius 3 is 2.52 bits per heavy atom. The Balaban J connectivity index is 1.81. The Morgan fingerprint density at radius 2 is 1.90 bits per heavy atom. The predicted molar refractivity (Wildman–Crippen MR) is 107 cm³/mol. The summed E-state index contributed by atoms with van der Waals surface area (Å²) in [5.74, 6) is -0.460. The molecule has 3 aromatic rings. The first-order valence-corrected chi connectivity index (χ1v) is 10.2. The molecular weight excluding hydrogens is 397 g/mol. The zero-order valence-corrected chi connectivity index (χ0v) is 16.9. The molecule has 3 rings (SSSR count). The number of rotatable bonds is 6. The van der Waals surface area contributed by atoms with Gasteiger partial charge in [-0.3, -0.25) is 9.52 Å². The second kappa shape index (κ2) is 7.67. The van der Waals surface area contributed by atoms with E-state index >= 15 is 0 Å². The summed E-state index contributed by atoms with van der Waals surface area (Å²) in [6, 6.07) is 10.6. The molecule has 0 radical (unpaired) electrons. The van der Waals surface area contributed by atoms with E-state index in [1.54, 1.807) is 25.1 Å². The topological polar surface area (TPSA) is 101 Å². The van der Waals surface area contributed by atoms with Gasteiger partial charge in [0.15, 0.2) is 6.39 Å². The van der Waals surface area contributed by atoms with E-state index in [0.29, 0.717) is 16.8 Å². The summed E-state index contributed by atoms with van der Waals surface area (Å²) in [7, 11) is -3.91. The summed E-state index contributed by atoms with van der Waals surface area (Å²) in [5.41, 5.74) is -0.144. The van der Waals surface area contributed by atoms with Crippen LogP contribution in [-0.2, 0) is 15.7 Å². The Kier molecular flexibility index (Phi) is 5.43. The molecule has 0 fully saturated rings. The summed E-state index contributed by atoms with van der Waals surface area (Å²) >= 11 is 0. The van der Waals surface area contributed by atoms with E-state index in [2.05, 4.69) is 15.0 Å². The van der Waals surface area contributed by atoms with Gasteiger partial charge in [0.2, 0.25) is 5.76 Å². The molecular formula is C20H20FN3O4S. The summed E-state index contributed by atoms with van der Waals surface area (Å²) < 4.78 is 47.1. The Labute approximate surface area is 168 Å². The number of halogens is 1. The smallest absolute Gasteiger partial charge is 0.293 e. The molecule has 2 N–H and O–H groups in total. The van der Waals surface area contributed by atoms with Crippen LogP contribution in [0.25, 0.3) is 0 Å². The third-order valence-electron chi connectivity index (χ3n) is 4.18. The van der Waals surface area contributed by atoms with Crippen molar-refractivity contribution in [2.24, 2.45) is 0 Å². The Hall–Kier alpha value is -3.20. The number of benzene rings is 2. The van der Waals surface area contributed by atoms with Gasteiger partial charge in [0.25, 0.3) is 15.9 Å². The zero-order valence-electron chi connectivity index (χ0n) is 16.1. The van der Waals surface area contributed by atoms with E-state index in [4.69, 9.17) is 4.42 Å². The molecule has 0 aliphatic rings. The second-order valence-corrected chi connectivity index (χ2v) is 8.61. The minimum Gasteiger partial charge on any atom is -0.438 e. The van der Waals surface area contributed by atoms with Crippen LogP contribution >= 0.6 is 0 Å². The first kappa shape index (κ1) is 20.5. The minimum atomic E-state index is -3.91. The average Bonchev–Trinajstić information content (AvgIpc) is 3.15. The number of aromatic nitrogens is 1. The number of anilines is 2. The summed E-state index contributed by atoms with van der Waals surface area (Å²) in [5, 5.41) is 2.61. The molecule has 2 aromatic carbocycles. The molecule has 9 heteroatoms. The molecule has 0 aliphatic carbocycles. The fourth-order valence-electron chi connectivity index (χ4n) is 2.71. The van der Waals surface area contributed by atoms with Gasteiger partial charge in [0.05, 0.1) is 11.1 Å². The van der Waals surface area contributed by atoms with Crippen molar-refractivity contribution in [1.82, 2.24) is 4.98 Å². The lowest BCUT2D eigenvalue weighted by atomic mass is 10.00. The lowest BCUT2D eigenvalue weighted by Gasteiger charge is -2.17. The van der Waals surface area contributed by atoms with Crippen molar-refractivity contribution >= 4 is 27.3 Å². The van der Waals surface area contributed by atoms with Crippen molar-refractivity contribution in [2.45, 2.75) is 31.3 Å². The maximum absolute atomic E-state index is 14.1. The van der Waals surface area contributed by atoms with E-state index < -0.39 is 21.6 Å². The van der Waals surface area contributed by atoms with Gasteiger partial charge in [-0.05, 0) is 62.2 Å². The van der Waals surface area contributed by atoms with Gasteiger partial charge in [-0.25, -0.2) is 17.8 Å². The summed E-state index contributed by atoms with van der Waals surface area (Å²) in [6.07, 6.45) is 2.41. The normalized spacial score (nSPS) is 11.9. The number of hydrogen-bond donors (Lipinski definition) is 2. The quantitative estimate of drug-likeness (QED) is 0.625. The first-order valence-electron chi connectivity index (χ1n) is 8.69. The van der Waals surface area contributed by atoms with Gasteiger partial charge < -0.3 is 9.73 Å². The monoisotopic (exact) mass is 417 g/mol. The molecule has 152 valence electrons. The molecule has 0 unspecified atom stereocenters. The zero-order chi connectivity index (χ0) is 21.2. The third-order valence-corrected chi connectivity index (χ3v) is 5.72.